The number of anilines is 1. The fourth-order valence-corrected chi connectivity index (χ4v) is 4.11. The van der Waals surface area contributed by atoms with Crippen molar-refractivity contribution in [1.82, 2.24) is 5.32 Å². The van der Waals surface area contributed by atoms with E-state index in [2.05, 4.69) is 28.8 Å². The lowest BCUT2D eigenvalue weighted by molar-refractivity contribution is 0.475. The van der Waals surface area contributed by atoms with Crippen molar-refractivity contribution < 1.29 is 4.21 Å². The Hall–Kier alpha value is -0.870. The van der Waals surface area contributed by atoms with Crippen LogP contribution in [0.15, 0.2) is 18.2 Å². The maximum atomic E-state index is 11.3. The van der Waals surface area contributed by atoms with Gasteiger partial charge in [-0.1, -0.05) is 18.2 Å². The third-order valence-corrected chi connectivity index (χ3v) is 5.28. The predicted octanol–water partition coefficient (Wildman–Crippen LogP) is 1.66. The van der Waals surface area contributed by atoms with Gasteiger partial charge in [0.2, 0.25) is 0 Å². The number of fused-ring (bicyclic) bond motifs is 1. The largest absolute Gasteiger partial charge is 0.384 e. The van der Waals surface area contributed by atoms with Crippen LogP contribution in [0.5, 0.6) is 0 Å². The Balaban J connectivity index is 1.60. The van der Waals surface area contributed by atoms with Crippen LogP contribution in [0.25, 0.3) is 0 Å². The summed E-state index contributed by atoms with van der Waals surface area (Å²) in [5, 5.41) is 7.09. The maximum Gasteiger partial charge on any atom is 0.0419 e. The van der Waals surface area contributed by atoms with E-state index in [1.165, 1.54) is 16.8 Å². The first-order valence-electron chi connectivity index (χ1n) is 6.76. The first-order valence-corrected chi connectivity index (χ1v) is 8.25. The van der Waals surface area contributed by atoms with Gasteiger partial charge in [0.15, 0.2) is 0 Å². The van der Waals surface area contributed by atoms with Gasteiger partial charge in [0, 0.05) is 47.1 Å². The highest BCUT2D eigenvalue weighted by atomic mass is 32.2. The molecule has 98 valence electrons. The average Bonchev–Trinajstić information content (AvgIpc) is 2.87. The molecule has 0 saturated carbocycles. The van der Waals surface area contributed by atoms with E-state index < -0.39 is 10.8 Å². The summed E-state index contributed by atoms with van der Waals surface area (Å²) in [7, 11) is -0.561. The second-order valence-corrected chi connectivity index (χ2v) is 6.83. The fourth-order valence-electron chi connectivity index (χ4n) is 2.81. The van der Waals surface area contributed by atoms with Crippen LogP contribution in [-0.4, -0.2) is 28.3 Å². The highest BCUT2D eigenvalue weighted by Gasteiger charge is 2.18. The lowest BCUT2D eigenvalue weighted by Crippen LogP contribution is -2.35. The van der Waals surface area contributed by atoms with E-state index in [0.717, 1.165) is 43.9 Å². The van der Waals surface area contributed by atoms with Gasteiger partial charge < -0.3 is 10.6 Å². The smallest absolute Gasteiger partial charge is 0.0419 e. The third kappa shape index (κ3) is 2.59. The molecule has 0 amide bonds. The number of benzene rings is 1. The summed E-state index contributed by atoms with van der Waals surface area (Å²) in [6, 6.07) is 7.10. The van der Waals surface area contributed by atoms with Crippen LogP contribution in [0, 0.1) is 0 Å². The van der Waals surface area contributed by atoms with E-state index in [1.807, 2.05) is 0 Å². The van der Waals surface area contributed by atoms with Crippen molar-refractivity contribution in [2.75, 3.05) is 23.4 Å². The van der Waals surface area contributed by atoms with Crippen LogP contribution >= 0.6 is 0 Å². The summed E-state index contributed by atoms with van der Waals surface area (Å²) in [6.07, 6.45) is 3.25. The Kier molecular flexibility index (Phi) is 3.66. The quantitative estimate of drug-likeness (QED) is 0.872. The summed E-state index contributed by atoms with van der Waals surface area (Å²) in [5.74, 6) is 1.73. The van der Waals surface area contributed by atoms with Crippen LogP contribution in [0.3, 0.4) is 0 Å². The lowest BCUT2D eigenvalue weighted by atomic mass is 10.1. The van der Waals surface area contributed by atoms with Crippen LogP contribution in [-0.2, 0) is 23.8 Å². The number of para-hydroxylation sites is 1. The molecule has 2 aliphatic heterocycles. The van der Waals surface area contributed by atoms with Gasteiger partial charge >= 0.3 is 0 Å². The molecule has 2 aliphatic rings. The molecular formula is C14H20N2OS. The van der Waals surface area contributed by atoms with Gasteiger partial charge in [-0.2, -0.15) is 0 Å². The lowest BCUT2D eigenvalue weighted by Gasteiger charge is -2.23. The zero-order valence-electron chi connectivity index (χ0n) is 10.6. The van der Waals surface area contributed by atoms with Crippen LogP contribution in [0.2, 0.25) is 0 Å². The molecule has 18 heavy (non-hydrogen) atoms. The molecule has 3 rings (SSSR count). The molecule has 1 fully saturated rings. The highest BCUT2D eigenvalue weighted by molar-refractivity contribution is 7.85. The summed E-state index contributed by atoms with van der Waals surface area (Å²) in [5.41, 5.74) is 4.15. The Morgan fingerprint density at radius 3 is 3.00 bits per heavy atom. The second kappa shape index (κ2) is 5.41. The second-order valence-electron chi connectivity index (χ2n) is 5.13. The summed E-state index contributed by atoms with van der Waals surface area (Å²) >= 11 is 0. The van der Waals surface area contributed by atoms with E-state index in [-0.39, 0.29) is 0 Å². The number of hydrogen-bond donors (Lipinski definition) is 2. The van der Waals surface area contributed by atoms with Crippen molar-refractivity contribution >= 4 is 16.5 Å². The molecule has 0 aliphatic carbocycles. The molecule has 1 saturated heterocycles. The van der Waals surface area contributed by atoms with Gasteiger partial charge in [0.25, 0.3) is 0 Å². The number of nitrogens with one attached hydrogen (secondary N) is 2. The van der Waals surface area contributed by atoms with Gasteiger partial charge in [-0.05, 0) is 30.4 Å². The van der Waals surface area contributed by atoms with Crippen molar-refractivity contribution in [1.29, 1.82) is 0 Å². The summed E-state index contributed by atoms with van der Waals surface area (Å²) in [6.45, 7) is 1.99. The van der Waals surface area contributed by atoms with Crippen molar-refractivity contribution in [3.05, 3.63) is 29.3 Å². The fraction of sp³-hybridized carbons (Fsp3) is 0.571. The molecule has 4 heteroatoms. The Labute approximate surface area is 111 Å². The van der Waals surface area contributed by atoms with Crippen molar-refractivity contribution in [3.63, 3.8) is 0 Å². The summed E-state index contributed by atoms with van der Waals surface area (Å²) in [4.78, 5) is 0. The predicted molar refractivity (Wildman–Crippen MR) is 76.4 cm³/mol. The molecule has 0 spiro atoms. The van der Waals surface area contributed by atoms with Gasteiger partial charge in [-0.3, -0.25) is 4.21 Å². The van der Waals surface area contributed by atoms with Gasteiger partial charge in [0.05, 0.1) is 0 Å². The molecule has 1 aromatic carbocycles. The van der Waals surface area contributed by atoms with Gasteiger partial charge in [-0.15, -0.1) is 0 Å². The SMILES string of the molecule is O=S1CCC(NCc2cccc3c2NCC3)CC1. The molecule has 3 nitrogen and oxygen atoms in total. The molecule has 1 aromatic rings. The van der Waals surface area contributed by atoms with Crippen molar-refractivity contribution in [2.45, 2.75) is 31.8 Å². The first kappa shape index (κ1) is 12.2. The molecule has 2 N–H and O–H groups in total. The molecule has 0 radical (unpaired) electrons. The number of hydrogen-bond acceptors (Lipinski definition) is 3. The van der Waals surface area contributed by atoms with E-state index in [1.54, 1.807) is 0 Å². The minimum atomic E-state index is -0.561. The average molecular weight is 264 g/mol. The third-order valence-electron chi connectivity index (χ3n) is 3.90. The molecule has 0 atom stereocenters. The zero-order valence-corrected chi connectivity index (χ0v) is 11.4. The maximum absolute atomic E-state index is 11.3. The topological polar surface area (TPSA) is 41.1 Å². The van der Waals surface area contributed by atoms with E-state index in [4.69, 9.17) is 0 Å². The van der Waals surface area contributed by atoms with Crippen LogP contribution in [0.1, 0.15) is 24.0 Å². The van der Waals surface area contributed by atoms with Crippen molar-refractivity contribution in [2.24, 2.45) is 0 Å². The highest BCUT2D eigenvalue weighted by Crippen LogP contribution is 2.26. The Bertz CT molecular complexity index is 451. The van der Waals surface area contributed by atoms with Crippen LogP contribution in [0.4, 0.5) is 5.69 Å². The Morgan fingerprint density at radius 1 is 1.33 bits per heavy atom. The normalized spacial score (nSPS) is 26.7. The van der Waals surface area contributed by atoms with Crippen molar-refractivity contribution in [3.8, 4) is 0 Å². The van der Waals surface area contributed by atoms with Crippen LogP contribution < -0.4 is 10.6 Å². The minimum Gasteiger partial charge on any atom is -0.384 e. The summed E-state index contributed by atoms with van der Waals surface area (Å²) < 4.78 is 11.3. The molecule has 0 bridgehead atoms. The standard InChI is InChI=1S/C14H20N2OS/c17-18-8-5-13(6-9-18)16-10-12-3-1-2-11-4-7-15-14(11)12/h1-3,13,15-16H,4-10H2. The first-order chi connectivity index (χ1) is 8.83. The molecule has 0 aromatic heterocycles. The molecular weight excluding hydrogens is 244 g/mol. The molecule has 2 heterocycles. The van der Waals surface area contributed by atoms with E-state index in [0.29, 0.717) is 6.04 Å². The van der Waals surface area contributed by atoms with Gasteiger partial charge in [0.1, 0.15) is 0 Å². The van der Waals surface area contributed by atoms with E-state index >= 15 is 0 Å². The number of rotatable bonds is 3. The van der Waals surface area contributed by atoms with Gasteiger partial charge in [-0.25, -0.2) is 0 Å². The molecule has 0 unspecified atom stereocenters. The monoisotopic (exact) mass is 264 g/mol. The Morgan fingerprint density at radius 2 is 2.17 bits per heavy atom. The minimum absolute atomic E-state index is 0.542. The van der Waals surface area contributed by atoms with E-state index in [9.17, 15) is 4.21 Å². The zero-order chi connectivity index (χ0) is 12.4.